The highest BCUT2D eigenvalue weighted by molar-refractivity contribution is 5.13. The van der Waals surface area contributed by atoms with E-state index in [1.54, 1.807) is 0 Å². The molecule has 0 aromatic heterocycles. The van der Waals surface area contributed by atoms with Gasteiger partial charge >= 0.3 is 0 Å². The lowest BCUT2D eigenvalue weighted by atomic mass is 10.2. The largest absolute Gasteiger partial charge is 0.394 e. The molecule has 2 rings (SSSR count). The Kier molecular flexibility index (Phi) is 4.34. The van der Waals surface area contributed by atoms with E-state index in [0.717, 1.165) is 5.56 Å². The smallest absolute Gasteiger partial charge is 0.258 e. The molecule has 0 saturated carbocycles. The van der Waals surface area contributed by atoms with Crippen molar-refractivity contribution in [2.45, 2.75) is 18.5 Å². The molecular weight excluding hydrogens is 232 g/mol. The van der Waals surface area contributed by atoms with Crippen molar-refractivity contribution in [3.8, 4) is 12.3 Å². The van der Waals surface area contributed by atoms with E-state index in [0.29, 0.717) is 6.61 Å². The van der Waals surface area contributed by atoms with E-state index in [4.69, 9.17) is 25.7 Å². The molecule has 1 N–H and O–H groups in total. The number of benzene rings is 1. The number of aliphatic hydroxyl groups is 1. The van der Waals surface area contributed by atoms with Crippen LogP contribution in [0.5, 0.6) is 0 Å². The van der Waals surface area contributed by atoms with E-state index in [1.165, 1.54) is 0 Å². The minimum absolute atomic E-state index is 0.109. The number of aliphatic hydroxyl groups excluding tert-OH is 1. The summed E-state index contributed by atoms with van der Waals surface area (Å²) < 4.78 is 16.4. The molecule has 0 unspecified atom stereocenters. The van der Waals surface area contributed by atoms with Gasteiger partial charge in [-0.2, -0.15) is 0 Å². The molecule has 1 aromatic rings. The number of ether oxygens (including phenoxy) is 3. The molecule has 4 nitrogen and oxygen atoms in total. The molecule has 0 bridgehead atoms. The van der Waals surface area contributed by atoms with Gasteiger partial charge in [0.25, 0.3) is 5.79 Å². The second kappa shape index (κ2) is 5.98. The molecule has 1 aliphatic heterocycles. The summed E-state index contributed by atoms with van der Waals surface area (Å²) in [5.41, 5.74) is 1.06. The molecule has 1 fully saturated rings. The van der Waals surface area contributed by atoms with Crippen LogP contribution in [0.15, 0.2) is 30.3 Å². The summed E-state index contributed by atoms with van der Waals surface area (Å²) in [4.78, 5) is 0. The van der Waals surface area contributed by atoms with Gasteiger partial charge in [-0.25, -0.2) is 0 Å². The Labute approximate surface area is 106 Å². The number of hydrogen-bond donors (Lipinski definition) is 1. The van der Waals surface area contributed by atoms with Crippen molar-refractivity contribution in [3.63, 3.8) is 0 Å². The standard InChI is InChI=1S/C14H16O4/c1-2-14(17-10-13(8-15)18-14)11-16-9-12-6-4-3-5-7-12/h1,3-7,13,15H,8-11H2/t13-,14-/m0/s1. The maximum absolute atomic E-state index is 8.98. The Bertz CT molecular complexity index is 412. The van der Waals surface area contributed by atoms with E-state index in [9.17, 15) is 0 Å². The van der Waals surface area contributed by atoms with Crippen LogP contribution in [-0.4, -0.2) is 36.8 Å². The van der Waals surface area contributed by atoms with Gasteiger partial charge in [0.2, 0.25) is 0 Å². The van der Waals surface area contributed by atoms with Crippen LogP contribution in [0.25, 0.3) is 0 Å². The zero-order valence-electron chi connectivity index (χ0n) is 10.0. The van der Waals surface area contributed by atoms with Gasteiger partial charge < -0.3 is 19.3 Å². The average molecular weight is 248 g/mol. The van der Waals surface area contributed by atoms with Crippen LogP contribution in [0.2, 0.25) is 0 Å². The fourth-order valence-electron chi connectivity index (χ4n) is 1.73. The van der Waals surface area contributed by atoms with Crippen LogP contribution in [0, 0.1) is 12.3 Å². The molecule has 18 heavy (non-hydrogen) atoms. The first-order valence-corrected chi connectivity index (χ1v) is 5.80. The van der Waals surface area contributed by atoms with Gasteiger partial charge in [0, 0.05) is 0 Å². The number of hydrogen-bond acceptors (Lipinski definition) is 4. The molecule has 4 heteroatoms. The first kappa shape index (κ1) is 13.1. The lowest BCUT2D eigenvalue weighted by Crippen LogP contribution is -2.35. The number of terminal acetylenes is 1. The summed E-state index contributed by atoms with van der Waals surface area (Å²) in [5.74, 6) is 1.28. The van der Waals surface area contributed by atoms with Gasteiger partial charge in [-0.3, -0.25) is 0 Å². The molecule has 0 radical (unpaired) electrons. The molecule has 1 aliphatic rings. The first-order valence-electron chi connectivity index (χ1n) is 5.80. The quantitative estimate of drug-likeness (QED) is 0.788. The lowest BCUT2D eigenvalue weighted by Gasteiger charge is -2.21. The van der Waals surface area contributed by atoms with Crippen LogP contribution in [0.1, 0.15) is 5.56 Å². The third kappa shape index (κ3) is 3.09. The van der Waals surface area contributed by atoms with Crippen LogP contribution in [-0.2, 0) is 20.8 Å². The zero-order valence-corrected chi connectivity index (χ0v) is 10.0. The number of rotatable bonds is 5. The van der Waals surface area contributed by atoms with Crippen LogP contribution in [0.3, 0.4) is 0 Å². The van der Waals surface area contributed by atoms with Crippen molar-refractivity contribution >= 4 is 0 Å². The van der Waals surface area contributed by atoms with Gasteiger partial charge in [0.05, 0.1) is 19.8 Å². The summed E-state index contributed by atoms with van der Waals surface area (Å²) in [7, 11) is 0. The average Bonchev–Trinajstić information content (AvgIpc) is 2.84. The normalized spacial score (nSPS) is 27.0. The molecule has 1 aromatic carbocycles. The van der Waals surface area contributed by atoms with Gasteiger partial charge in [-0.15, -0.1) is 6.42 Å². The van der Waals surface area contributed by atoms with Crippen LogP contribution in [0.4, 0.5) is 0 Å². The maximum atomic E-state index is 8.98. The molecule has 0 aliphatic carbocycles. The van der Waals surface area contributed by atoms with Gasteiger partial charge in [-0.1, -0.05) is 30.3 Å². The summed E-state index contributed by atoms with van der Waals surface area (Å²) in [6.45, 7) is 0.771. The van der Waals surface area contributed by atoms with Crippen molar-refractivity contribution in [2.24, 2.45) is 0 Å². The van der Waals surface area contributed by atoms with Crippen molar-refractivity contribution in [1.82, 2.24) is 0 Å². The second-order valence-corrected chi connectivity index (χ2v) is 4.11. The van der Waals surface area contributed by atoms with Crippen molar-refractivity contribution in [2.75, 3.05) is 19.8 Å². The van der Waals surface area contributed by atoms with Crippen molar-refractivity contribution in [3.05, 3.63) is 35.9 Å². The summed E-state index contributed by atoms with van der Waals surface area (Å²) in [5, 5.41) is 8.98. The monoisotopic (exact) mass is 248 g/mol. The van der Waals surface area contributed by atoms with Gasteiger partial charge in [0.1, 0.15) is 12.7 Å². The minimum Gasteiger partial charge on any atom is -0.394 e. The van der Waals surface area contributed by atoms with Gasteiger partial charge in [0.15, 0.2) is 0 Å². The van der Waals surface area contributed by atoms with Gasteiger partial charge in [-0.05, 0) is 11.5 Å². The molecular formula is C14H16O4. The topological polar surface area (TPSA) is 47.9 Å². The predicted molar refractivity (Wildman–Crippen MR) is 65.6 cm³/mol. The Morgan fingerprint density at radius 2 is 2.22 bits per heavy atom. The third-order valence-electron chi connectivity index (χ3n) is 2.69. The minimum atomic E-state index is -1.16. The Morgan fingerprint density at radius 3 is 2.83 bits per heavy atom. The fraction of sp³-hybridized carbons (Fsp3) is 0.429. The van der Waals surface area contributed by atoms with Crippen LogP contribution < -0.4 is 0 Å². The maximum Gasteiger partial charge on any atom is 0.258 e. The Morgan fingerprint density at radius 1 is 1.44 bits per heavy atom. The Hall–Kier alpha value is -1.38. The summed E-state index contributed by atoms with van der Waals surface area (Å²) in [6.07, 6.45) is 5.03. The SMILES string of the molecule is C#C[C@]1(COCc2ccccc2)OC[C@H](CO)O1. The van der Waals surface area contributed by atoms with E-state index < -0.39 is 5.79 Å². The van der Waals surface area contributed by atoms with E-state index in [-0.39, 0.29) is 25.9 Å². The molecule has 2 atom stereocenters. The third-order valence-corrected chi connectivity index (χ3v) is 2.69. The first-order chi connectivity index (χ1) is 8.78. The fourth-order valence-corrected chi connectivity index (χ4v) is 1.73. The van der Waals surface area contributed by atoms with Crippen molar-refractivity contribution in [1.29, 1.82) is 0 Å². The molecule has 1 saturated heterocycles. The molecule has 0 amide bonds. The highest BCUT2D eigenvalue weighted by Gasteiger charge is 2.40. The zero-order chi connectivity index (χ0) is 12.8. The molecule has 96 valence electrons. The van der Waals surface area contributed by atoms with Crippen LogP contribution >= 0.6 is 0 Å². The van der Waals surface area contributed by atoms with E-state index in [1.807, 2.05) is 30.3 Å². The molecule has 1 heterocycles. The second-order valence-electron chi connectivity index (χ2n) is 4.11. The summed E-state index contributed by atoms with van der Waals surface area (Å²) in [6, 6.07) is 9.77. The van der Waals surface area contributed by atoms with E-state index in [2.05, 4.69) is 5.92 Å². The lowest BCUT2D eigenvalue weighted by molar-refractivity contribution is -0.166. The van der Waals surface area contributed by atoms with E-state index >= 15 is 0 Å². The highest BCUT2D eigenvalue weighted by Crippen LogP contribution is 2.23. The Balaban J connectivity index is 1.84. The summed E-state index contributed by atoms with van der Waals surface area (Å²) >= 11 is 0. The van der Waals surface area contributed by atoms with Crippen molar-refractivity contribution < 1.29 is 19.3 Å². The molecule has 0 spiro atoms. The highest BCUT2D eigenvalue weighted by atomic mass is 16.8. The predicted octanol–water partition coefficient (Wildman–Crippen LogP) is 0.940.